The topological polar surface area (TPSA) is 125 Å². The summed E-state index contributed by atoms with van der Waals surface area (Å²) in [5.74, 6) is -1.84. The lowest BCUT2D eigenvalue weighted by Gasteiger charge is -2.33. The minimum absolute atomic E-state index is 0.0739. The van der Waals surface area contributed by atoms with E-state index in [1.54, 1.807) is 31.2 Å². The molecule has 11 nitrogen and oxygen atoms in total. The Labute approximate surface area is 250 Å². The first-order chi connectivity index (χ1) is 20.1. The fourth-order valence-electron chi connectivity index (χ4n) is 6.36. The van der Waals surface area contributed by atoms with Gasteiger partial charge in [-0.25, -0.2) is 8.42 Å². The van der Waals surface area contributed by atoms with Crippen molar-refractivity contribution in [3.8, 4) is 0 Å². The third kappa shape index (κ3) is 6.17. The number of nitrogens with zero attached hydrogens (tertiary/aromatic N) is 4. The zero-order valence-corrected chi connectivity index (χ0v) is 25.1. The number of fused-ring (bicyclic) bond motifs is 1. The number of sulfonamides is 1. The Kier molecular flexibility index (Phi) is 9.17. The van der Waals surface area contributed by atoms with Crippen molar-refractivity contribution in [1.29, 1.82) is 0 Å². The van der Waals surface area contributed by atoms with E-state index in [9.17, 15) is 27.6 Å². The molecule has 0 N–H and O–H groups in total. The number of rotatable bonds is 10. The molecule has 0 aliphatic carbocycles. The summed E-state index contributed by atoms with van der Waals surface area (Å²) >= 11 is 6.06. The maximum Gasteiger partial charge on any atom is 0.328 e. The number of esters is 1. The van der Waals surface area contributed by atoms with Gasteiger partial charge in [-0.1, -0.05) is 23.7 Å². The smallest absolute Gasteiger partial charge is 0.328 e. The second-order valence-electron chi connectivity index (χ2n) is 11.1. The number of carbonyl (C=O) groups is 4. The Morgan fingerprint density at radius 2 is 1.76 bits per heavy atom. The van der Waals surface area contributed by atoms with Crippen LogP contribution < -0.4 is 0 Å². The largest absolute Gasteiger partial charge is 0.394 e. The Morgan fingerprint density at radius 1 is 1.05 bits per heavy atom. The molecule has 3 fully saturated rings. The van der Waals surface area contributed by atoms with Crippen molar-refractivity contribution >= 4 is 56.7 Å². The van der Waals surface area contributed by atoms with E-state index in [-0.39, 0.29) is 36.3 Å². The monoisotopic (exact) mass is 618 g/mol. The summed E-state index contributed by atoms with van der Waals surface area (Å²) in [7, 11) is -4.40. The van der Waals surface area contributed by atoms with Crippen LogP contribution in [-0.2, 0) is 33.9 Å². The number of likely N-dealkylation sites (tertiary alicyclic amines) is 3. The zero-order chi connectivity index (χ0) is 30.0. The first-order valence-corrected chi connectivity index (χ1v) is 16.1. The van der Waals surface area contributed by atoms with E-state index in [1.165, 1.54) is 17.0 Å². The van der Waals surface area contributed by atoms with Crippen molar-refractivity contribution in [2.45, 2.75) is 62.0 Å². The molecule has 0 aromatic heterocycles. The van der Waals surface area contributed by atoms with Crippen LogP contribution in [0.1, 0.15) is 39.0 Å². The molecule has 5 rings (SSSR count). The van der Waals surface area contributed by atoms with Crippen LogP contribution in [0.2, 0.25) is 5.02 Å². The maximum atomic E-state index is 13.9. The first-order valence-electron chi connectivity index (χ1n) is 14.3. The van der Waals surface area contributed by atoms with E-state index in [2.05, 4.69) is 9.64 Å². The molecule has 3 atom stereocenters. The highest BCUT2D eigenvalue weighted by molar-refractivity contribution is 7.89. The predicted molar refractivity (Wildman–Crippen MR) is 155 cm³/mol. The number of benzene rings is 2. The van der Waals surface area contributed by atoms with Gasteiger partial charge in [-0.2, -0.15) is 4.31 Å². The third-order valence-electron chi connectivity index (χ3n) is 8.56. The highest BCUT2D eigenvalue weighted by Crippen LogP contribution is 2.30. The molecule has 3 aliphatic rings. The number of ether oxygens (including phenoxy) is 1. The van der Waals surface area contributed by atoms with Gasteiger partial charge in [0.1, 0.15) is 18.6 Å². The molecule has 3 heterocycles. The number of halogens is 1. The Hall–Kier alpha value is -3.06. The molecule has 2 aromatic carbocycles. The molecular weight excluding hydrogens is 584 g/mol. The first kappa shape index (κ1) is 30.4. The van der Waals surface area contributed by atoms with Crippen LogP contribution in [0.3, 0.4) is 0 Å². The fraction of sp³-hybridized carbons (Fsp3) is 0.517. The summed E-state index contributed by atoms with van der Waals surface area (Å²) in [5, 5.41) is 1.81. The lowest BCUT2D eigenvalue weighted by Crippen LogP contribution is -2.53. The van der Waals surface area contributed by atoms with Gasteiger partial charge in [0, 0.05) is 30.7 Å². The average Bonchev–Trinajstić information content (AvgIpc) is 3.73. The SMILES string of the molecule is C[C@@H](C(=O)N1CCC[C@H]1CN1CCCC1)N1CC[C@H](N(CC(=O)OC=O)S(=O)(=O)c2ccc3cc(Cl)ccc3c2)C1=O. The fourth-order valence-corrected chi connectivity index (χ4v) is 8.13. The molecule has 2 amide bonds. The van der Waals surface area contributed by atoms with Crippen LogP contribution >= 0.6 is 11.6 Å². The molecule has 3 saturated heterocycles. The summed E-state index contributed by atoms with van der Waals surface area (Å²) in [6.07, 6.45) is 4.21. The van der Waals surface area contributed by atoms with Crippen LogP contribution in [0, 0.1) is 0 Å². The van der Waals surface area contributed by atoms with Crippen LogP contribution in [0.15, 0.2) is 41.3 Å². The predicted octanol–water partition coefficient (Wildman–Crippen LogP) is 2.26. The van der Waals surface area contributed by atoms with E-state index in [1.807, 2.05) is 4.90 Å². The molecule has 0 saturated carbocycles. The van der Waals surface area contributed by atoms with Crippen molar-refractivity contribution in [3.63, 3.8) is 0 Å². The van der Waals surface area contributed by atoms with E-state index in [0.717, 1.165) is 49.6 Å². The molecule has 42 heavy (non-hydrogen) atoms. The Bertz CT molecular complexity index is 1480. The molecule has 0 radical (unpaired) electrons. The van der Waals surface area contributed by atoms with Gasteiger partial charge in [0.05, 0.1) is 4.90 Å². The van der Waals surface area contributed by atoms with Gasteiger partial charge in [-0.15, -0.1) is 0 Å². The van der Waals surface area contributed by atoms with Crippen LogP contribution in [-0.4, -0.2) is 109 Å². The molecule has 0 spiro atoms. The highest BCUT2D eigenvalue weighted by atomic mass is 35.5. The van der Waals surface area contributed by atoms with Gasteiger partial charge in [-0.05, 0) is 87.2 Å². The van der Waals surface area contributed by atoms with E-state index in [4.69, 9.17) is 11.6 Å². The quantitative estimate of drug-likeness (QED) is 0.226. The minimum atomic E-state index is -4.40. The van der Waals surface area contributed by atoms with Crippen LogP contribution in [0.25, 0.3) is 10.8 Å². The van der Waals surface area contributed by atoms with Crippen LogP contribution in [0.5, 0.6) is 0 Å². The van der Waals surface area contributed by atoms with Gasteiger partial charge in [0.25, 0.3) is 0 Å². The number of hydrogen-bond acceptors (Lipinski definition) is 8. The minimum Gasteiger partial charge on any atom is -0.394 e. The Balaban J connectivity index is 1.37. The normalized spacial score (nSPS) is 22.3. The van der Waals surface area contributed by atoms with Gasteiger partial charge < -0.3 is 19.4 Å². The van der Waals surface area contributed by atoms with Gasteiger partial charge >= 0.3 is 12.4 Å². The van der Waals surface area contributed by atoms with Crippen molar-refractivity contribution in [2.75, 3.05) is 39.3 Å². The summed E-state index contributed by atoms with van der Waals surface area (Å²) in [6, 6.07) is 7.46. The van der Waals surface area contributed by atoms with E-state index >= 15 is 0 Å². The zero-order valence-electron chi connectivity index (χ0n) is 23.5. The highest BCUT2D eigenvalue weighted by Gasteiger charge is 2.46. The molecule has 13 heteroatoms. The number of amides is 2. The summed E-state index contributed by atoms with van der Waals surface area (Å²) in [5.41, 5.74) is 0. The Morgan fingerprint density at radius 3 is 2.50 bits per heavy atom. The van der Waals surface area contributed by atoms with Crippen molar-refractivity contribution in [2.24, 2.45) is 0 Å². The lowest BCUT2D eigenvalue weighted by atomic mass is 10.1. The van der Waals surface area contributed by atoms with Gasteiger partial charge in [0.15, 0.2) is 0 Å². The van der Waals surface area contributed by atoms with E-state index < -0.39 is 40.5 Å². The molecular formula is C29H35ClN4O7S. The molecule has 3 aliphatic heterocycles. The lowest BCUT2D eigenvalue weighted by molar-refractivity contribution is -0.152. The van der Waals surface area contributed by atoms with Crippen LogP contribution in [0.4, 0.5) is 0 Å². The average molecular weight is 619 g/mol. The summed E-state index contributed by atoms with van der Waals surface area (Å²) in [4.78, 5) is 56.0. The maximum absolute atomic E-state index is 13.9. The van der Waals surface area contributed by atoms with Gasteiger partial charge in [0.2, 0.25) is 21.8 Å². The van der Waals surface area contributed by atoms with Crippen molar-refractivity contribution in [3.05, 3.63) is 41.4 Å². The second-order valence-corrected chi connectivity index (χ2v) is 13.5. The molecule has 226 valence electrons. The summed E-state index contributed by atoms with van der Waals surface area (Å²) in [6.45, 7) is 4.40. The standard InChI is InChI=1S/C29H35ClN4O7S/c1-20(28(37)33-13-4-5-24(33)17-31-11-2-3-12-31)32-14-10-26(29(32)38)34(18-27(36)41-19-35)42(39,40)25-9-7-21-15-23(30)8-6-22(21)16-25/h6-9,15-16,19-20,24,26H,2-5,10-14,17-18H2,1H3/t20-,24-,26-/m0/s1. The number of hydrogen-bond donors (Lipinski definition) is 0. The van der Waals surface area contributed by atoms with Crippen molar-refractivity contribution in [1.82, 2.24) is 19.0 Å². The second kappa shape index (κ2) is 12.7. The number of carbonyl (C=O) groups excluding carboxylic acids is 4. The van der Waals surface area contributed by atoms with E-state index in [0.29, 0.717) is 22.3 Å². The van der Waals surface area contributed by atoms with Gasteiger partial charge in [-0.3, -0.25) is 19.2 Å². The van der Waals surface area contributed by atoms with Crippen molar-refractivity contribution < 1.29 is 32.3 Å². The molecule has 0 unspecified atom stereocenters. The summed E-state index contributed by atoms with van der Waals surface area (Å²) < 4.78 is 33.0. The molecule has 2 aromatic rings. The molecule has 0 bridgehead atoms. The third-order valence-corrected chi connectivity index (χ3v) is 10.6.